The summed E-state index contributed by atoms with van der Waals surface area (Å²) in [6.07, 6.45) is 4.23. The first-order valence-electron chi connectivity index (χ1n) is 6.33. The Morgan fingerprint density at radius 3 is 2.72 bits per heavy atom. The molecule has 0 atom stereocenters. The minimum Gasteiger partial charge on any atom is -0.340 e. The Morgan fingerprint density at radius 2 is 2.11 bits per heavy atom. The second-order valence-electron chi connectivity index (χ2n) is 4.83. The van der Waals surface area contributed by atoms with Gasteiger partial charge in [-0.2, -0.15) is 0 Å². The smallest absolute Gasteiger partial charge is 0.225 e. The molecule has 4 heteroatoms. The van der Waals surface area contributed by atoms with Crippen LogP contribution in [-0.4, -0.2) is 28.6 Å². The second kappa shape index (κ2) is 5.76. The van der Waals surface area contributed by atoms with Crippen LogP contribution in [0.2, 0.25) is 0 Å². The van der Waals surface area contributed by atoms with Gasteiger partial charge in [-0.1, -0.05) is 6.07 Å². The Hall–Kier alpha value is -1.71. The highest BCUT2D eigenvalue weighted by atomic mass is 16.2. The maximum Gasteiger partial charge on any atom is 0.225 e. The first-order chi connectivity index (χ1) is 8.66. The molecule has 1 aliphatic rings. The van der Waals surface area contributed by atoms with Crippen molar-refractivity contribution < 1.29 is 9.59 Å². The van der Waals surface area contributed by atoms with Crippen LogP contribution < -0.4 is 0 Å². The molecule has 1 fully saturated rings. The number of ketones is 1. The van der Waals surface area contributed by atoms with Crippen LogP contribution in [-0.2, 0) is 16.1 Å². The van der Waals surface area contributed by atoms with Crippen molar-refractivity contribution in [1.82, 2.24) is 9.88 Å². The molecule has 4 nitrogen and oxygen atoms in total. The monoisotopic (exact) mass is 246 g/mol. The predicted molar refractivity (Wildman–Crippen MR) is 67.7 cm³/mol. The van der Waals surface area contributed by atoms with Gasteiger partial charge >= 0.3 is 0 Å². The van der Waals surface area contributed by atoms with E-state index in [9.17, 15) is 9.59 Å². The minimum absolute atomic E-state index is 0.0106. The molecule has 0 radical (unpaired) electrons. The van der Waals surface area contributed by atoms with Gasteiger partial charge in [0.1, 0.15) is 5.78 Å². The minimum atomic E-state index is 0.0106. The maximum atomic E-state index is 12.2. The van der Waals surface area contributed by atoms with Gasteiger partial charge in [0.15, 0.2) is 0 Å². The zero-order valence-corrected chi connectivity index (χ0v) is 10.6. The van der Waals surface area contributed by atoms with Crippen molar-refractivity contribution in [2.45, 2.75) is 32.2 Å². The van der Waals surface area contributed by atoms with E-state index in [1.165, 1.54) is 0 Å². The average molecular weight is 246 g/mol. The molecule has 0 saturated heterocycles. The van der Waals surface area contributed by atoms with E-state index in [0.29, 0.717) is 32.2 Å². The van der Waals surface area contributed by atoms with Crippen molar-refractivity contribution in [2.75, 3.05) is 7.05 Å². The molecule has 1 saturated carbocycles. The molecule has 0 N–H and O–H groups in total. The zero-order chi connectivity index (χ0) is 13.0. The maximum absolute atomic E-state index is 12.2. The van der Waals surface area contributed by atoms with E-state index in [1.54, 1.807) is 18.1 Å². The molecule has 1 aromatic heterocycles. The topological polar surface area (TPSA) is 50.3 Å². The summed E-state index contributed by atoms with van der Waals surface area (Å²) in [6.45, 7) is 0.532. The zero-order valence-electron chi connectivity index (χ0n) is 10.6. The number of hydrogen-bond acceptors (Lipinski definition) is 3. The van der Waals surface area contributed by atoms with E-state index in [2.05, 4.69) is 4.98 Å². The standard InChI is InChI=1S/C14H18N2O2/c1-16(10-12-4-2-3-9-15-12)14(18)11-5-7-13(17)8-6-11/h2-4,9,11H,5-8,10H2,1H3. The highest BCUT2D eigenvalue weighted by Crippen LogP contribution is 2.23. The number of rotatable bonds is 3. The Kier molecular flexibility index (Phi) is 4.07. The van der Waals surface area contributed by atoms with Gasteiger partial charge in [0, 0.05) is 32.0 Å². The van der Waals surface area contributed by atoms with E-state index in [4.69, 9.17) is 0 Å². The molecule has 0 aliphatic heterocycles. The van der Waals surface area contributed by atoms with E-state index < -0.39 is 0 Å². The lowest BCUT2D eigenvalue weighted by atomic mass is 9.87. The third-order valence-electron chi connectivity index (χ3n) is 3.39. The van der Waals surface area contributed by atoms with Crippen molar-refractivity contribution in [3.8, 4) is 0 Å². The number of pyridine rings is 1. The molecule has 0 aromatic carbocycles. The van der Waals surface area contributed by atoms with E-state index in [0.717, 1.165) is 5.69 Å². The van der Waals surface area contributed by atoms with Crippen LogP contribution in [0.5, 0.6) is 0 Å². The number of carbonyl (C=O) groups is 2. The van der Waals surface area contributed by atoms with Gasteiger partial charge in [-0.15, -0.1) is 0 Å². The molecule has 1 aromatic rings. The molecule has 1 heterocycles. The van der Waals surface area contributed by atoms with Gasteiger partial charge in [-0.3, -0.25) is 14.6 Å². The van der Waals surface area contributed by atoms with Crippen molar-refractivity contribution >= 4 is 11.7 Å². The highest BCUT2D eigenvalue weighted by Gasteiger charge is 2.27. The molecule has 2 rings (SSSR count). The molecule has 0 spiro atoms. The van der Waals surface area contributed by atoms with E-state index in [1.807, 2.05) is 18.2 Å². The summed E-state index contributed by atoms with van der Waals surface area (Å²) in [6, 6.07) is 5.69. The van der Waals surface area contributed by atoms with Gasteiger partial charge in [0.05, 0.1) is 12.2 Å². The number of amides is 1. The van der Waals surface area contributed by atoms with E-state index in [-0.39, 0.29) is 17.6 Å². The van der Waals surface area contributed by atoms with Crippen LogP contribution in [0.1, 0.15) is 31.4 Å². The number of hydrogen-bond donors (Lipinski definition) is 0. The van der Waals surface area contributed by atoms with Gasteiger partial charge in [0.25, 0.3) is 0 Å². The summed E-state index contributed by atoms with van der Waals surface area (Å²) in [7, 11) is 1.80. The number of aromatic nitrogens is 1. The summed E-state index contributed by atoms with van der Waals surface area (Å²) in [5, 5.41) is 0. The summed E-state index contributed by atoms with van der Waals surface area (Å²) in [5.74, 6) is 0.427. The first kappa shape index (κ1) is 12.7. The summed E-state index contributed by atoms with van der Waals surface area (Å²) < 4.78 is 0. The quantitative estimate of drug-likeness (QED) is 0.817. The summed E-state index contributed by atoms with van der Waals surface area (Å²) >= 11 is 0. The Bertz CT molecular complexity index is 421. The van der Waals surface area contributed by atoms with Crippen LogP contribution in [0.15, 0.2) is 24.4 Å². The molecule has 0 unspecified atom stereocenters. The van der Waals surface area contributed by atoms with Crippen LogP contribution in [0.4, 0.5) is 0 Å². The van der Waals surface area contributed by atoms with Gasteiger partial charge in [-0.25, -0.2) is 0 Å². The molecular weight excluding hydrogens is 228 g/mol. The largest absolute Gasteiger partial charge is 0.340 e. The lowest BCUT2D eigenvalue weighted by molar-refractivity contribution is -0.136. The van der Waals surface area contributed by atoms with Crippen LogP contribution in [0.25, 0.3) is 0 Å². The Labute approximate surface area is 107 Å². The van der Waals surface area contributed by atoms with Gasteiger partial charge < -0.3 is 4.90 Å². The number of nitrogens with zero attached hydrogens (tertiary/aromatic N) is 2. The fraction of sp³-hybridized carbons (Fsp3) is 0.500. The van der Waals surface area contributed by atoms with Gasteiger partial charge in [0.2, 0.25) is 5.91 Å². The third-order valence-corrected chi connectivity index (χ3v) is 3.39. The second-order valence-corrected chi connectivity index (χ2v) is 4.83. The molecule has 18 heavy (non-hydrogen) atoms. The Balaban J connectivity index is 1.91. The molecule has 96 valence electrons. The molecule has 1 amide bonds. The molecular formula is C14H18N2O2. The van der Waals surface area contributed by atoms with Crippen LogP contribution in [0, 0.1) is 5.92 Å². The normalized spacial score (nSPS) is 16.6. The van der Waals surface area contributed by atoms with Crippen LogP contribution in [0.3, 0.4) is 0 Å². The summed E-state index contributed by atoms with van der Waals surface area (Å²) in [4.78, 5) is 29.3. The molecule has 1 aliphatic carbocycles. The van der Waals surface area contributed by atoms with Crippen molar-refractivity contribution in [3.63, 3.8) is 0 Å². The Morgan fingerprint density at radius 1 is 1.39 bits per heavy atom. The van der Waals surface area contributed by atoms with Crippen molar-refractivity contribution in [1.29, 1.82) is 0 Å². The van der Waals surface area contributed by atoms with E-state index >= 15 is 0 Å². The lowest BCUT2D eigenvalue weighted by Gasteiger charge is -2.25. The van der Waals surface area contributed by atoms with Crippen molar-refractivity contribution in [2.24, 2.45) is 5.92 Å². The van der Waals surface area contributed by atoms with Crippen LogP contribution >= 0.6 is 0 Å². The molecule has 0 bridgehead atoms. The fourth-order valence-corrected chi connectivity index (χ4v) is 2.31. The number of carbonyl (C=O) groups excluding carboxylic acids is 2. The SMILES string of the molecule is CN(Cc1ccccn1)C(=O)C1CCC(=O)CC1. The number of Topliss-reactive ketones (excluding diaryl/α,β-unsaturated/α-hetero) is 1. The highest BCUT2D eigenvalue weighted by molar-refractivity contribution is 5.84. The predicted octanol–water partition coefficient (Wildman–Crippen LogP) is 1.80. The lowest BCUT2D eigenvalue weighted by Crippen LogP contribution is -2.34. The first-order valence-corrected chi connectivity index (χ1v) is 6.33. The third kappa shape index (κ3) is 3.15. The summed E-state index contributed by atoms with van der Waals surface area (Å²) in [5.41, 5.74) is 0.889. The van der Waals surface area contributed by atoms with Gasteiger partial charge in [-0.05, 0) is 25.0 Å². The van der Waals surface area contributed by atoms with Crippen molar-refractivity contribution in [3.05, 3.63) is 30.1 Å². The fourth-order valence-electron chi connectivity index (χ4n) is 2.31. The average Bonchev–Trinajstić information content (AvgIpc) is 2.40.